The number of hydrogen-bond donors (Lipinski definition) is 1. The molecule has 114 valence electrons. The maximum Gasteiger partial charge on any atom is 0.223 e. The molecule has 3 heteroatoms. The van der Waals surface area contributed by atoms with Gasteiger partial charge in [0.25, 0.3) is 0 Å². The second-order valence-electron chi connectivity index (χ2n) is 6.56. The maximum absolute atomic E-state index is 12.6. The standard InChI is InChI=1S/C17H30N2O/c1-3-11-19(16-8-4-5-9-16)17(20)12-14(2)15-7-6-10-18-13-15/h3,14-16,18H,1,4-13H2,2H3. The number of hydrogen-bond acceptors (Lipinski definition) is 2. The molecular formula is C17H30N2O. The minimum absolute atomic E-state index is 0.342. The summed E-state index contributed by atoms with van der Waals surface area (Å²) in [5.74, 6) is 1.50. The quantitative estimate of drug-likeness (QED) is 0.758. The van der Waals surface area contributed by atoms with Crippen LogP contribution in [0.5, 0.6) is 0 Å². The van der Waals surface area contributed by atoms with Crippen LogP contribution in [-0.4, -0.2) is 36.5 Å². The van der Waals surface area contributed by atoms with Gasteiger partial charge in [0.2, 0.25) is 5.91 Å². The molecule has 1 saturated heterocycles. The Balaban J connectivity index is 1.87. The smallest absolute Gasteiger partial charge is 0.223 e. The van der Waals surface area contributed by atoms with Crippen molar-refractivity contribution < 1.29 is 4.79 Å². The van der Waals surface area contributed by atoms with E-state index in [1.165, 1.54) is 38.5 Å². The molecule has 0 aromatic rings. The number of nitrogens with zero attached hydrogens (tertiary/aromatic N) is 1. The Morgan fingerprint density at radius 3 is 2.70 bits per heavy atom. The minimum Gasteiger partial charge on any atom is -0.336 e. The van der Waals surface area contributed by atoms with Gasteiger partial charge in [-0.05, 0) is 50.6 Å². The summed E-state index contributed by atoms with van der Waals surface area (Å²) in [6.45, 7) is 9.01. The largest absolute Gasteiger partial charge is 0.336 e. The highest BCUT2D eigenvalue weighted by Crippen LogP contribution is 2.27. The van der Waals surface area contributed by atoms with E-state index in [9.17, 15) is 4.79 Å². The predicted octanol–water partition coefficient (Wildman–Crippen LogP) is 2.97. The fraction of sp³-hybridized carbons (Fsp3) is 0.824. The Morgan fingerprint density at radius 2 is 2.10 bits per heavy atom. The van der Waals surface area contributed by atoms with Gasteiger partial charge in [0.05, 0.1) is 0 Å². The van der Waals surface area contributed by atoms with Crippen LogP contribution < -0.4 is 5.32 Å². The summed E-state index contributed by atoms with van der Waals surface area (Å²) in [6.07, 6.45) is 10.0. The molecule has 1 heterocycles. The lowest BCUT2D eigenvalue weighted by molar-refractivity contribution is -0.134. The van der Waals surface area contributed by atoms with E-state index >= 15 is 0 Å². The molecule has 20 heavy (non-hydrogen) atoms. The summed E-state index contributed by atoms with van der Waals surface area (Å²) in [7, 11) is 0. The van der Waals surface area contributed by atoms with Crippen molar-refractivity contribution in [3.63, 3.8) is 0 Å². The van der Waals surface area contributed by atoms with Crippen molar-refractivity contribution in [1.29, 1.82) is 0 Å². The molecule has 1 aliphatic heterocycles. The number of carbonyl (C=O) groups excluding carboxylic acids is 1. The first-order valence-electron chi connectivity index (χ1n) is 8.33. The summed E-state index contributed by atoms with van der Waals surface area (Å²) >= 11 is 0. The lowest BCUT2D eigenvalue weighted by Gasteiger charge is -2.32. The Labute approximate surface area is 123 Å². The fourth-order valence-electron chi connectivity index (χ4n) is 3.73. The van der Waals surface area contributed by atoms with Gasteiger partial charge in [0.1, 0.15) is 0 Å². The van der Waals surface area contributed by atoms with Crippen molar-refractivity contribution in [2.24, 2.45) is 11.8 Å². The molecule has 2 atom stereocenters. The topological polar surface area (TPSA) is 32.3 Å². The van der Waals surface area contributed by atoms with Crippen molar-refractivity contribution in [2.75, 3.05) is 19.6 Å². The lowest BCUT2D eigenvalue weighted by atomic mass is 9.85. The van der Waals surface area contributed by atoms with E-state index in [1.807, 2.05) is 6.08 Å². The number of amides is 1. The highest BCUT2D eigenvalue weighted by molar-refractivity contribution is 5.77. The summed E-state index contributed by atoms with van der Waals surface area (Å²) < 4.78 is 0. The van der Waals surface area contributed by atoms with Gasteiger partial charge in [0, 0.05) is 19.0 Å². The SMILES string of the molecule is C=CCN(C(=O)CC(C)C1CCCNC1)C1CCCC1. The van der Waals surface area contributed by atoms with E-state index < -0.39 is 0 Å². The predicted molar refractivity (Wildman–Crippen MR) is 83.5 cm³/mol. The molecule has 0 aromatic carbocycles. The van der Waals surface area contributed by atoms with Crippen LogP contribution in [0.2, 0.25) is 0 Å². The fourth-order valence-corrected chi connectivity index (χ4v) is 3.73. The zero-order chi connectivity index (χ0) is 14.4. The van der Waals surface area contributed by atoms with Gasteiger partial charge in [-0.15, -0.1) is 6.58 Å². The van der Waals surface area contributed by atoms with E-state index in [4.69, 9.17) is 0 Å². The molecule has 0 spiro atoms. The third kappa shape index (κ3) is 4.08. The van der Waals surface area contributed by atoms with Gasteiger partial charge in [-0.3, -0.25) is 4.79 Å². The van der Waals surface area contributed by atoms with Gasteiger partial charge < -0.3 is 10.2 Å². The number of piperidine rings is 1. The summed E-state index contributed by atoms with van der Waals surface area (Å²) in [5.41, 5.74) is 0. The van der Waals surface area contributed by atoms with Gasteiger partial charge >= 0.3 is 0 Å². The molecule has 2 aliphatic rings. The molecule has 2 fully saturated rings. The van der Waals surface area contributed by atoms with Crippen LogP contribution >= 0.6 is 0 Å². The van der Waals surface area contributed by atoms with E-state index in [0.717, 1.165) is 19.6 Å². The number of carbonyl (C=O) groups is 1. The Hall–Kier alpha value is -0.830. The zero-order valence-corrected chi connectivity index (χ0v) is 12.9. The van der Waals surface area contributed by atoms with Crippen molar-refractivity contribution in [3.8, 4) is 0 Å². The summed E-state index contributed by atoms with van der Waals surface area (Å²) in [6, 6.07) is 0.470. The van der Waals surface area contributed by atoms with Gasteiger partial charge in [-0.25, -0.2) is 0 Å². The van der Waals surface area contributed by atoms with E-state index in [-0.39, 0.29) is 0 Å². The Kier molecular flexibility index (Phi) is 6.08. The Morgan fingerprint density at radius 1 is 1.35 bits per heavy atom. The van der Waals surface area contributed by atoms with Crippen LogP contribution in [0.1, 0.15) is 51.9 Å². The minimum atomic E-state index is 0.342. The molecule has 2 unspecified atom stereocenters. The first kappa shape index (κ1) is 15.6. The highest BCUT2D eigenvalue weighted by atomic mass is 16.2. The van der Waals surface area contributed by atoms with Crippen LogP contribution in [0, 0.1) is 11.8 Å². The van der Waals surface area contributed by atoms with Crippen LogP contribution in [0.4, 0.5) is 0 Å². The molecule has 2 rings (SSSR count). The van der Waals surface area contributed by atoms with Crippen LogP contribution in [-0.2, 0) is 4.79 Å². The van der Waals surface area contributed by atoms with Crippen LogP contribution in [0.25, 0.3) is 0 Å². The van der Waals surface area contributed by atoms with Crippen molar-refractivity contribution in [2.45, 2.75) is 57.9 Å². The van der Waals surface area contributed by atoms with Gasteiger partial charge in [-0.1, -0.05) is 25.8 Å². The monoisotopic (exact) mass is 278 g/mol. The van der Waals surface area contributed by atoms with Crippen molar-refractivity contribution in [1.82, 2.24) is 10.2 Å². The average Bonchev–Trinajstić information content (AvgIpc) is 2.99. The van der Waals surface area contributed by atoms with Crippen molar-refractivity contribution in [3.05, 3.63) is 12.7 Å². The second-order valence-corrected chi connectivity index (χ2v) is 6.56. The summed E-state index contributed by atoms with van der Waals surface area (Å²) in [4.78, 5) is 14.7. The van der Waals surface area contributed by atoms with Crippen LogP contribution in [0.15, 0.2) is 12.7 Å². The van der Waals surface area contributed by atoms with E-state index in [0.29, 0.717) is 30.2 Å². The number of nitrogens with one attached hydrogen (secondary N) is 1. The highest BCUT2D eigenvalue weighted by Gasteiger charge is 2.28. The summed E-state index contributed by atoms with van der Waals surface area (Å²) in [5, 5.41) is 3.46. The van der Waals surface area contributed by atoms with E-state index in [1.54, 1.807) is 0 Å². The average molecular weight is 278 g/mol. The molecule has 1 amide bonds. The third-order valence-corrected chi connectivity index (χ3v) is 5.05. The molecule has 0 aromatic heterocycles. The molecule has 1 aliphatic carbocycles. The normalized spacial score (nSPS) is 25.4. The third-order valence-electron chi connectivity index (χ3n) is 5.05. The van der Waals surface area contributed by atoms with Gasteiger partial charge in [-0.2, -0.15) is 0 Å². The van der Waals surface area contributed by atoms with Crippen LogP contribution in [0.3, 0.4) is 0 Å². The van der Waals surface area contributed by atoms with E-state index in [2.05, 4.69) is 23.7 Å². The maximum atomic E-state index is 12.6. The molecule has 0 bridgehead atoms. The number of rotatable bonds is 6. The molecule has 1 saturated carbocycles. The molecule has 0 radical (unpaired) electrons. The molecule has 3 nitrogen and oxygen atoms in total. The lowest BCUT2D eigenvalue weighted by Crippen LogP contribution is -2.41. The van der Waals surface area contributed by atoms with Crippen molar-refractivity contribution >= 4 is 5.91 Å². The molecular weight excluding hydrogens is 248 g/mol. The Bertz CT molecular complexity index is 317. The first-order valence-corrected chi connectivity index (χ1v) is 8.33. The van der Waals surface area contributed by atoms with Gasteiger partial charge in [0.15, 0.2) is 0 Å². The first-order chi connectivity index (χ1) is 9.72. The zero-order valence-electron chi connectivity index (χ0n) is 12.9. The second kappa shape index (κ2) is 7.82. The molecule has 1 N–H and O–H groups in total.